The van der Waals surface area contributed by atoms with E-state index in [2.05, 4.69) is 0 Å². The Morgan fingerprint density at radius 3 is 2.61 bits per heavy atom. The molecule has 7 heteroatoms. The van der Waals surface area contributed by atoms with Crippen molar-refractivity contribution in [3.05, 3.63) is 0 Å². The molecule has 0 spiro atoms. The fourth-order valence-corrected chi connectivity index (χ4v) is 1.96. The minimum Gasteiger partial charge on any atom is -0.481 e. The first-order chi connectivity index (χ1) is 8.29. The predicted octanol–water partition coefficient (Wildman–Crippen LogP) is 2.04. The first-order valence-electron chi connectivity index (χ1n) is 5.87. The molecular formula is C11H16F3NO3. The summed E-state index contributed by atoms with van der Waals surface area (Å²) < 4.78 is 35.7. The van der Waals surface area contributed by atoms with Crippen molar-refractivity contribution in [2.45, 2.75) is 38.3 Å². The van der Waals surface area contributed by atoms with Crippen molar-refractivity contribution in [3.8, 4) is 0 Å². The molecule has 1 rings (SSSR count). The van der Waals surface area contributed by atoms with Gasteiger partial charge in [0, 0.05) is 25.9 Å². The van der Waals surface area contributed by atoms with E-state index < -0.39 is 24.5 Å². The molecule has 104 valence electrons. The number of carbonyl (C=O) groups is 2. The third-order valence-electron chi connectivity index (χ3n) is 2.99. The maximum absolute atomic E-state index is 11.9. The maximum atomic E-state index is 11.9. The van der Waals surface area contributed by atoms with Crippen LogP contribution in [0, 0.1) is 5.92 Å². The van der Waals surface area contributed by atoms with Crippen molar-refractivity contribution < 1.29 is 27.9 Å². The number of hydrogen-bond donors (Lipinski definition) is 1. The van der Waals surface area contributed by atoms with Crippen LogP contribution in [0.5, 0.6) is 0 Å². The van der Waals surface area contributed by atoms with Gasteiger partial charge in [0.15, 0.2) is 0 Å². The Balaban J connectivity index is 2.31. The molecule has 1 unspecified atom stereocenters. The average Bonchev–Trinajstić information content (AvgIpc) is 2.24. The van der Waals surface area contributed by atoms with Crippen molar-refractivity contribution in [1.29, 1.82) is 0 Å². The molecule has 0 radical (unpaired) electrons. The first kappa shape index (κ1) is 14.8. The lowest BCUT2D eigenvalue weighted by Crippen LogP contribution is -2.42. The number of unbranched alkanes of at least 4 members (excludes halogenated alkanes) is 1. The second-order valence-corrected chi connectivity index (χ2v) is 4.49. The van der Waals surface area contributed by atoms with Gasteiger partial charge in [0.2, 0.25) is 5.91 Å². The van der Waals surface area contributed by atoms with Gasteiger partial charge >= 0.3 is 12.1 Å². The highest BCUT2D eigenvalue weighted by Gasteiger charge is 2.30. The Morgan fingerprint density at radius 1 is 1.39 bits per heavy atom. The van der Waals surface area contributed by atoms with Crippen LogP contribution in [0.1, 0.15) is 32.1 Å². The number of hydrogen-bond acceptors (Lipinski definition) is 2. The number of carboxylic acid groups (broad SMARTS) is 1. The smallest absolute Gasteiger partial charge is 0.389 e. The zero-order valence-electron chi connectivity index (χ0n) is 9.87. The van der Waals surface area contributed by atoms with Crippen molar-refractivity contribution in [2.24, 2.45) is 5.92 Å². The van der Waals surface area contributed by atoms with Gasteiger partial charge < -0.3 is 10.0 Å². The van der Waals surface area contributed by atoms with Crippen LogP contribution in [0.25, 0.3) is 0 Å². The molecule has 1 N–H and O–H groups in total. The van der Waals surface area contributed by atoms with E-state index in [4.69, 9.17) is 5.11 Å². The minimum absolute atomic E-state index is 0.0367. The number of nitrogens with zero attached hydrogens (tertiary/aromatic N) is 1. The number of piperidine rings is 1. The van der Waals surface area contributed by atoms with Crippen molar-refractivity contribution in [1.82, 2.24) is 4.90 Å². The molecule has 0 saturated carbocycles. The highest BCUT2D eigenvalue weighted by molar-refractivity contribution is 5.80. The number of halogens is 3. The van der Waals surface area contributed by atoms with Gasteiger partial charge in [-0.2, -0.15) is 13.2 Å². The summed E-state index contributed by atoms with van der Waals surface area (Å²) in [6.07, 6.45) is -4.35. The molecule has 0 bridgehead atoms. The van der Waals surface area contributed by atoms with Gasteiger partial charge in [-0.25, -0.2) is 0 Å². The van der Waals surface area contributed by atoms with Gasteiger partial charge in [-0.1, -0.05) is 0 Å². The lowest BCUT2D eigenvalue weighted by molar-refractivity contribution is -0.147. The third kappa shape index (κ3) is 4.93. The van der Waals surface area contributed by atoms with Crippen LogP contribution in [0.15, 0.2) is 0 Å². The van der Waals surface area contributed by atoms with Gasteiger partial charge in [-0.05, 0) is 19.3 Å². The summed E-state index contributed by atoms with van der Waals surface area (Å²) in [6.45, 7) is 0.318. The summed E-state index contributed by atoms with van der Waals surface area (Å²) >= 11 is 0. The van der Waals surface area contributed by atoms with E-state index in [9.17, 15) is 22.8 Å². The summed E-state index contributed by atoms with van der Waals surface area (Å²) in [5.74, 6) is -1.72. The molecule has 1 heterocycles. The molecule has 0 aromatic rings. The molecule has 1 aliphatic rings. The SMILES string of the molecule is O=C(O)C1CCC(=O)N(CCCCC(F)(F)F)C1. The van der Waals surface area contributed by atoms with Gasteiger partial charge in [-0.15, -0.1) is 0 Å². The fourth-order valence-electron chi connectivity index (χ4n) is 1.96. The molecule has 1 aliphatic heterocycles. The van der Waals surface area contributed by atoms with E-state index >= 15 is 0 Å². The van der Waals surface area contributed by atoms with Crippen LogP contribution in [0.4, 0.5) is 13.2 Å². The van der Waals surface area contributed by atoms with Crippen LogP contribution < -0.4 is 0 Å². The number of carboxylic acids is 1. The molecule has 0 aliphatic carbocycles. The molecule has 1 amide bonds. The van der Waals surface area contributed by atoms with E-state index in [1.54, 1.807) is 0 Å². The quantitative estimate of drug-likeness (QED) is 0.775. The Kier molecular flexibility index (Phi) is 4.98. The fraction of sp³-hybridized carbons (Fsp3) is 0.818. The number of likely N-dealkylation sites (tertiary alicyclic amines) is 1. The monoisotopic (exact) mass is 267 g/mol. The topological polar surface area (TPSA) is 57.6 Å². The highest BCUT2D eigenvalue weighted by atomic mass is 19.4. The normalized spacial score (nSPS) is 21.2. The zero-order valence-corrected chi connectivity index (χ0v) is 9.87. The molecule has 0 aromatic carbocycles. The number of amides is 1. The first-order valence-corrected chi connectivity index (χ1v) is 5.87. The van der Waals surface area contributed by atoms with Crippen LogP contribution in [0.3, 0.4) is 0 Å². The van der Waals surface area contributed by atoms with Crippen LogP contribution >= 0.6 is 0 Å². The Labute approximate surface area is 103 Å². The van der Waals surface area contributed by atoms with E-state index in [1.165, 1.54) is 4.90 Å². The predicted molar refractivity (Wildman–Crippen MR) is 56.8 cm³/mol. The molecule has 0 aromatic heterocycles. The maximum Gasteiger partial charge on any atom is 0.389 e. The summed E-state index contributed by atoms with van der Waals surface area (Å²) in [5, 5.41) is 8.83. The van der Waals surface area contributed by atoms with Crippen molar-refractivity contribution in [3.63, 3.8) is 0 Å². The molecule has 1 saturated heterocycles. The second-order valence-electron chi connectivity index (χ2n) is 4.49. The lowest BCUT2D eigenvalue weighted by Gasteiger charge is -2.30. The van der Waals surface area contributed by atoms with Crippen molar-refractivity contribution >= 4 is 11.9 Å². The lowest BCUT2D eigenvalue weighted by atomic mass is 9.97. The van der Waals surface area contributed by atoms with Crippen LogP contribution in [0.2, 0.25) is 0 Å². The highest BCUT2D eigenvalue weighted by Crippen LogP contribution is 2.23. The van der Waals surface area contributed by atoms with E-state index in [-0.39, 0.29) is 38.3 Å². The third-order valence-corrected chi connectivity index (χ3v) is 2.99. The number of alkyl halides is 3. The molecule has 4 nitrogen and oxygen atoms in total. The average molecular weight is 267 g/mol. The van der Waals surface area contributed by atoms with E-state index in [0.29, 0.717) is 6.42 Å². The van der Waals surface area contributed by atoms with Crippen LogP contribution in [-0.2, 0) is 9.59 Å². The van der Waals surface area contributed by atoms with E-state index in [0.717, 1.165) is 0 Å². The van der Waals surface area contributed by atoms with E-state index in [1.807, 2.05) is 0 Å². The Hall–Kier alpha value is -1.27. The van der Waals surface area contributed by atoms with Gasteiger partial charge in [0.25, 0.3) is 0 Å². The minimum atomic E-state index is -4.17. The van der Waals surface area contributed by atoms with Gasteiger partial charge in [-0.3, -0.25) is 9.59 Å². The number of carbonyl (C=O) groups excluding carboxylic acids is 1. The van der Waals surface area contributed by atoms with Gasteiger partial charge in [0.1, 0.15) is 0 Å². The Bertz CT molecular complexity index is 317. The van der Waals surface area contributed by atoms with Crippen LogP contribution in [-0.4, -0.2) is 41.1 Å². The standard InChI is InChI=1S/C11H16F3NO3/c12-11(13,14)5-1-2-6-15-7-8(10(17)18)3-4-9(15)16/h8H,1-7H2,(H,17,18). The van der Waals surface area contributed by atoms with Crippen molar-refractivity contribution in [2.75, 3.05) is 13.1 Å². The molecule has 1 atom stereocenters. The largest absolute Gasteiger partial charge is 0.481 e. The number of rotatable bonds is 5. The number of aliphatic carboxylic acids is 1. The summed E-state index contributed by atoms with van der Waals surface area (Å²) in [6, 6.07) is 0. The second kappa shape index (κ2) is 6.06. The Morgan fingerprint density at radius 2 is 2.06 bits per heavy atom. The summed E-state index contributed by atoms with van der Waals surface area (Å²) in [5.41, 5.74) is 0. The molecular weight excluding hydrogens is 251 g/mol. The molecule has 1 fully saturated rings. The summed E-state index contributed by atoms with van der Waals surface area (Å²) in [7, 11) is 0. The summed E-state index contributed by atoms with van der Waals surface area (Å²) in [4.78, 5) is 23.6. The zero-order chi connectivity index (χ0) is 13.8. The van der Waals surface area contributed by atoms with Gasteiger partial charge in [0.05, 0.1) is 5.92 Å². The molecule has 18 heavy (non-hydrogen) atoms.